The minimum Gasteiger partial charge on any atom is -0.490 e. The second-order valence-corrected chi connectivity index (χ2v) is 6.03. The minimum atomic E-state index is -0.854. The standard InChI is InChI=1S/C20H21NO5/c1-14-7-9-16(10-8-14)24-11-12-25-20(23)19-13-21(15(2)22)17-5-3-4-6-18(17)26-19/h3-10,19H,11-13H2,1-2H3/t19-/m1/s1. The van der Waals surface area contributed by atoms with E-state index in [1.54, 1.807) is 18.2 Å². The van der Waals surface area contributed by atoms with Crippen molar-refractivity contribution in [1.82, 2.24) is 0 Å². The van der Waals surface area contributed by atoms with E-state index in [1.807, 2.05) is 37.3 Å². The maximum Gasteiger partial charge on any atom is 0.349 e. The molecule has 0 N–H and O–H groups in total. The van der Waals surface area contributed by atoms with Gasteiger partial charge in [0.05, 0.1) is 12.2 Å². The number of aryl methyl sites for hydroxylation is 1. The fourth-order valence-corrected chi connectivity index (χ4v) is 2.68. The van der Waals surface area contributed by atoms with Crippen molar-refractivity contribution in [2.75, 3.05) is 24.7 Å². The summed E-state index contributed by atoms with van der Waals surface area (Å²) in [6, 6.07) is 14.8. The second-order valence-electron chi connectivity index (χ2n) is 6.03. The molecule has 0 fully saturated rings. The summed E-state index contributed by atoms with van der Waals surface area (Å²) in [7, 11) is 0. The van der Waals surface area contributed by atoms with Crippen molar-refractivity contribution in [3.8, 4) is 11.5 Å². The van der Waals surface area contributed by atoms with Crippen LogP contribution in [0.1, 0.15) is 12.5 Å². The molecule has 0 saturated carbocycles. The summed E-state index contributed by atoms with van der Waals surface area (Å²) in [5.74, 6) is 0.545. The molecule has 2 aromatic rings. The third kappa shape index (κ3) is 4.14. The van der Waals surface area contributed by atoms with Crippen LogP contribution in [0.3, 0.4) is 0 Å². The van der Waals surface area contributed by atoms with Crippen LogP contribution in [0.15, 0.2) is 48.5 Å². The molecule has 2 aromatic carbocycles. The SMILES string of the molecule is CC(=O)N1C[C@H](C(=O)OCCOc2ccc(C)cc2)Oc2ccccc21. The first kappa shape index (κ1) is 17.8. The van der Waals surface area contributed by atoms with Gasteiger partial charge in [-0.2, -0.15) is 0 Å². The first-order chi connectivity index (χ1) is 12.5. The Hall–Kier alpha value is -3.02. The van der Waals surface area contributed by atoms with Crippen molar-refractivity contribution in [2.45, 2.75) is 20.0 Å². The molecular weight excluding hydrogens is 334 g/mol. The summed E-state index contributed by atoms with van der Waals surface area (Å²) in [4.78, 5) is 25.7. The van der Waals surface area contributed by atoms with Gasteiger partial charge in [0.1, 0.15) is 24.7 Å². The molecule has 0 spiro atoms. The van der Waals surface area contributed by atoms with Crippen LogP contribution in [-0.4, -0.2) is 37.7 Å². The fraction of sp³-hybridized carbons (Fsp3) is 0.300. The number of carbonyl (C=O) groups is 2. The highest BCUT2D eigenvalue weighted by Crippen LogP contribution is 2.33. The predicted molar refractivity (Wildman–Crippen MR) is 96.5 cm³/mol. The molecular formula is C20H21NO5. The van der Waals surface area contributed by atoms with E-state index >= 15 is 0 Å². The number of esters is 1. The molecule has 1 heterocycles. The highest BCUT2D eigenvalue weighted by Gasteiger charge is 2.33. The molecule has 0 aromatic heterocycles. The molecule has 0 aliphatic carbocycles. The summed E-state index contributed by atoms with van der Waals surface area (Å²) >= 11 is 0. The average molecular weight is 355 g/mol. The molecule has 0 radical (unpaired) electrons. The van der Waals surface area contributed by atoms with E-state index in [9.17, 15) is 9.59 Å². The molecule has 0 unspecified atom stereocenters. The summed E-state index contributed by atoms with van der Waals surface area (Å²) < 4.78 is 16.5. The van der Waals surface area contributed by atoms with E-state index in [2.05, 4.69) is 0 Å². The quantitative estimate of drug-likeness (QED) is 0.609. The van der Waals surface area contributed by atoms with Crippen LogP contribution in [0.5, 0.6) is 11.5 Å². The van der Waals surface area contributed by atoms with Crippen molar-refractivity contribution in [2.24, 2.45) is 0 Å². The molecule has 1 aliphatic rings. The average Bonchev–Trinajstić information content (AvgIpc) is 2.65. The number of hydrogen-bond acceptors (Lipinski definition) is 5. The van der Waals surface area contributed by atoms with Crippen molar-refractivity contribution in [3.05, 3.63) is 54.1 Å². The number of amides is 1. The number of carbonyl (C=O) groups excluding carboxylic acids is 2. The van der Waals surface area contributed by atoms with Gasteiger partial charge < -0.3 is 19.1 Å². The molecule has 0 bridgehead atoms. The van der Waals surface area contributed by atoms with Crippen LogP contribution >= 0.6 is 0 Å². The number of nitrogens with zero attached hydrogens (tertiary/aromatic N) is 1. The van der Waals surface area contributed by atoms with E-state index in [0.717, 1.165) is 11.3 Å². The van der Waals surface area contributed by atoms with E-state index < -0.39 is 12.1 Å². The Balaban J connectivity index is 1.53. The lowest BCUT2D eigenvalue weighted by molar-refractivity contribution is -0.152. The van der Waals surface area contributed by atoms with Crippen molar-refractivity contribution < 1.29 is 23.8 Å². The number of anilines is 1. The Labute approximate surface area is 152 Å². The van der Waals surface area contributed by atoms with Gasteiger partial charge in [-0.05, 0) is 31.2 Å². The zero-order valence-electron chi connectivity index (χ0n) is 14.8. The Morgan fingerprint density at radius 1 is 1.12 bits per heavy atom. The number of fused-ring (bicyclic) bond motifs is 1. The summed E-state index contributed by atoms with van der Waals surface area (Å²) in [5.41, 5.74) is 1.81. The molecule has 26 heavy (non-hydrogen) atoms. The van der Waals surface area contributed by atoms with E-state index in [-0.39, 0.29) is 25.7 Å². The predicted octanol–water partition coefficient (Wildman–Crippen LogP) is 2.73. The van der Waals surface area contributed by atoms with Crippen LogP contribution in [0.4, 0.5) is 5.69 Å². The first-order valence-corrected chi connectivity index (χ1v) is 8.44. The normalized spacial score (nSPS) is 15.6. The van der Waals surface area contributed by atoms with Gasteiger partial charge in [-0.3, -0.25) is 4.79 Å². The zero-order valence-corrected chi connectivity index (χ0v) is 14.8. The van der Waals surface area contributed by atoms with Crippen LogP contribution in [-0.2, 0) is 14.3 Å². The van der Waals surface area contributed by atoms with Gasteiger partial charge in [-0.25, -0.2) is 4.79 Å². The smallest absolute Gasteiger partial charge is 0.349 e. The minimum absolute atomic E-state index is 0.105. The number of ether oxygens (including phenoxy) is 3. The summed E-state index contributed by atoms with van der Waals surface area (Å²) in [6.45, 7) is 3.94. The second kappa shape index (κ2) is 7.91. The lowest BCUT2D eigenvalue weighted by Gasteiger charge is -2.33. The van der Waals surface area contributed by atoms with Crippen molar-refractivity contribution >= 4 is 17.6 Å². The number of benzene rings is 2. The fourth-order valence-electron chi connectivity index (χ4n) is 2.68. The van der Waals surface area contributed by atoms with Crippen LogP contribution in [0.25, 0.3) is 0 Å². The van der Waals surface area contributed by atoms with E-state index in [1.165, 1.54) is 11.8 Å². The van der Waals surface area contributed by atoms with Crippen LogP contribution in [0.2, 0.25) is 0 Å². The topological polar surface area (TPSA) is 65.1 Å². The first-order valence-electron chi connectivity index (χ1n) is 8.44. The Kier molecular flexibility index (Phi) is 5.41. The maximum absolute atomic E-state index is 12.3. The molecule has 136 valence electrons. The third-order valence-electron chi connectivity index (χ3n) is 4.03. The molecule has 1 atom stereocenters. The third-order valence-corrected chi connectivity index (χ3v) is 4.03. The van der Waals surface area contributed by atoms with Gasteiger partial charge in [0.25, 0.3) is 0 Å². The van der Waals surface area contributed by atoms with Gasteiger partial charge in [0, 0.05) is 6.92 Å². The zero-order chi connectivity index (χ0) is 18.5. The largest absolute Gasteiger partial charge is 0.490 e. The van der Waals surface area contributed by atoms with Gasteiger partial charge in [-0.15, -0.1) is 0 Å². The lowest BCUT2D eigenvalue weighted by atomic mass is 10.2. The van der Waals surface area contributed by atoms with Gasteiger partial charge in [0.15, 0.2) is 0 Å². The van der Waals surface area contributed by atoms with Gasteiger partial charge >= 0.3 is 5.97 Å². The number of hydrogen-bond donors (Lipinski definition) is 0. The molecule has 0 saturated heterocycles. The Morgan fingerprint density at radius 3 is 2.58 bits per heavy atom. The maximum atomic E-state index is 12.3. The lowest BCUT2D eigenvalue weighted by Crippen LogP contribution is -2.47. The van der Waals surface area contributed by atoms with Crippen molar-refractivity contribution in [1.29, 1.82) is 0 Å². The number of para-hydroxylation sites is 2. The van der Waals surface area contributed by atoms with E-state index in [0.29, 0.717) is 11.4 Å². The summed E-state index contributed by atoms with van der Waals surface area (Å²) in [6.07, 6.45) is -0.854. The monoisotopic (exact) mass is 355 g/mol. The molecule has 1 amide bonds. The molecule has 3 rings (SSSR count). The summed E-state index contributed by atoms with van der Waals surface area (Å²) in [5, 5.41) is 0. The highest BCUT2D eigenvalue weighted by molar-refractivity contribution is 5.95. The molecule has 1 aliphatic heterocycles. The Bertz CT molecular complexity index is 787. The van der Waals surface area contributed by atoms with Gasteiger partial charge in [-0.1, -0.05) is 29.8 Å². The molecule has 6 heteroatoms. The van der Waals surface area contributed by atoms with E-state index in [4.69, 9.17) is 14.2 Å². The van der Waals surface area contributed by atoms with Crippen LogP contribution < -0.4 is 14.4 Å². The van der Waals surface area contributed by atoms with Crippen LogP contribution in [0, 0.1) is 6.92 Å². The Morgan fingerprint density at radius 2 is 1.85 bits per heavy atom. The highest BCUT2D eigenvalue weighted by atomic mass is 16.6. The molecule has 6 nitrogen and oxygen atoms in total. The number of rotatable bonds is 5. The van der Waals surface area contributed by atoms with Gasteiger partial charge in [0.2, 0.25) is 12.0 Å². The van der Waals surface area contributed by atoms with Crippen molar-refractivity contribution in [3.63, 3.8) is 0 Å².